The molecule has 0 radical (unpaired) electrons. The van der Waals surface area contributed by atoms with E-state index in [-0.39, 0.29) is 11.3 Å². The first kappa shape index (κ1) is 25.0. The monoisotopic (exact) mass is 481 g/mol. The molecule has 1 aromatic heterocycles. The molecule has 0 saturated carbocycles. The highest BCUT2D eigenvalue weighted by molar-refractivity contribution is 6.30. The van der Waals surface area contributed by atoms with Crippen molar-refractivity contribution in [2.45, 2.75) is 19.3 Å². The van der Waals surface area contributed by atoms with Gasteiger partial charge in [-0.2, -0.15) is 0 Å². The lowest BCUT2D eigenvalue weighted by Gasteiger charge is -2.13. The molecule has 0 fully saturated rings. The van der Waals surface area contributed by atoms with E-state index in [9.17, 15) is 9.59 Å². The molecule has 178 valence electrons. The molecule has 9 heteroatoms. The van der Waals surface area contributed by atoms with Crippen LogP contribution in [0, 0.1) is 0 Å². The molecule has 34 heavy (non-hydrogen) atoms. The minimum absolute atomic E-state index is 0.175. The fourth-order valence-corrected chi connectivity index (χ4v) is 3.32. The van der Waals surface area contributed by atoms with Gasteiger partial charge in [0.2, 0.25) is 0 Å². The van der Waals surface area contributed by atoms with E-state index in [1.807, 2.05) is 24.3 Å². The molecule has 0 unspecified atom stereocenters. The van der Waals surface area contributed by atoms with Crippen LogP contribution < -0.4 is 21.7 Å². The third-order valence-electron chi connectivity index (χ3n) is 4.99. The molecule has 0 atom stereocenters. The fraction of sp³-hybridized carbons (Fsp3) is 0.240. The molecule has 2 aromatic carbocycles. The van der Waals surface area contributed by atoms with Crippen LogP contribution in [0.3, 0.4) is 0 Å². The second-order valence-electron chi connectivity index (χ2n) is 7.63. The lowest BCUT2D eigenvalue weighted by Crippen LogP contribution is -2.19. The Labute approximate surface area is 203 Å². The van der Waals surface area contributed by atoms with Gasteiger partial charge in [0.15, 0.2) is 0 Å². The summed E-state index contributed by atoms with van der Waals surface area (Å²) in [7, 11) is 1.71. The van der Waals surface area contributed by atoms with Gasteiger partial charge >= 0.3 is 0 Å². The number of carbonyl (C=O) groups excluding carboxylic acids is 2. The smallest absolute Gasteiger partial charge is 0.274 e. The lowest BCUT2D eigenvalue weighted by molar-refractivity contribution is 0.102. The largest absolute Gasteiger partial charge is 0.399 e. The van der Waals surface area contributed by atoms with E-state index in [2.05, 4.69) is 20.9 Å². The van der Waals surface area contributed by atoms with Crippen LogP contribution in [0.25, 0.3) is 0 Å². The number of nitrogens with zero attached hydrogens (tertiary/aromatic N) is 1. The SMILES string of the molecule is COCCCCCNc1ccc(NC(=O)c2cc(N)ccc2NC(=O)c2ccc(Cl)cn2)cc1. The van der Waals surface area contributed by atoms with Crippen LogP contribution in [0.15, 0.2) is 60.8 Å². The van der Waals surface area contributed by atoms with Gasteiger partial charge in [-0.05, 0) is 73.9 Å². The van der Waals surface area contributed by atoms with Gasteiger partial charge in [0.25, 0.3) is 11.8 Å². The summed E-state index contributed by atoms with van der Waals surface area (Å²) in [6.07, 6.45) is 4.58. The number of nitrogen functional groups attached to an aromatic ring is 1. The number of nitrogens with one attached hydrogen (secondary N) is 3. The summed E-state index contributed by atoms with van der Waals surface area (Å²) in [5.74, 6) is -0.862. The Morgan fingerprint density at radius 3 is 2.41 bits per heavy atom. The molecule has 0 aliphatic heterocycles. The maximum absolute atomic E-state index is 13.0. The average Bonchev–Trinajstić information content (AvgIpc) is 2.83. The number of rotatable bonds is 11. The molecule has 0 aliphatic rings. The van der Waals surface area contributed by atoms with Crippen molar-refractivity contribution < 1.29 is 14.3 Å². The number of nitrogens with two attached hydrogens (primary N) is 1. The van der Waals surface area contributed by atoms with E-state index in [0.29, 0.717) is 22.1 Å². The minimum Gasteiger partial charge on any atom is -0.399 e. The summed E-state index contributed by atoms with van der Waals surface area (Å²) in [5, 5.41) is 9.34. The Bertz CT molecular complexity index is 1100. The van der Waals surface area contributed by atoms with Gasteiger partial charge in [0, 0.05) is 43.5 Å². The van der Waals surface area contributed by atoms with Gasteiger partial charge in [0.1, 0.15) is 5.69 Å². The zero-order valence-electron chi connectivity index (χ0n) is 18.9. The van der Waals surface area contributed by atoms with Crippen LogP contribution in [0.5, 0.6) is 0 Å². The molecule has 0 aliphatic carbocycles. The zero-order chi connectivity index (χ0) is 24.3. The Hall–Kier alpha value is -3.62. The van der Waals surface area contributed by atoms with Crippen molar-refractivity contribution in [1.82, 2.24) is 4.98 Å². The number of amides is 2. The van der Waals surface area contributed by atoms with E-state index in [4.69, 9.17) is 22.1 Å². The highest BCUT2D eigenvalue weighted by Gasteiger charge is 2.16. The van der Waals surface area contributed by atoms with Gasteiger partial charge in [-0.15, -0.1) is 0 Å². The summed E-state index contributed by atoms with van der Waals surface area (Å²) in [6, 6.07) is 15.2. The summed E-state index contributed by atoms with van der Waals surface area (Å²) >= 11 is 5.83. The predicted octanol–water partition coefficient (Wildman–Crippen LogP) is 5.05. The lowest BCUT2D eigenvalue weighted by atomic mass is 10.1. The number of unbranched alkanes of at least 4 members (excludes halogenated alkanes) is 2. The van der Waals surface area contributed by atoms with E-state index in [0.717, 1.165) is 38.1 Å². The highest BCUT2D eigenvalue weighted by atomic mass is 35.5. The second kappa shape index (κ2) is 12.6. The van der Waals surface area contributed by atoms with Crippen LogP contribution in [0.4, 0.5) is 22.7 Å². The molecule has 3 aromatic rings. The Morgan fingerprint density at radius 1 is 0.941 bits per heavy atom. The predicted molar refractivity (Wildman–Crippen MR) is 137 cm³/mol. The topological polar surface area (TPSA) is 118 Å². The fourth-order valence-electron chi connectivity index (χ4n) is 3.21. The van der Waals surface area contributed by atoms with Crippen LogP contribution in [0.2, 0.25) is 5.02 Å². The number of pyridine rings is 1. The Balaban J connectivity index is 1.61. The molecule has 3 rings (SSSR count). The molecule has 2 amide bonds. The molecule has 0 spiro atoms. The van der Waals surface area contributed by atoms with Crippen LogP contribution in [-0.2, 0) is 4.74 Å². The number of hydrogen-bond donors (Lipinski definition) is 4. The van der Waals surface area contributed by atoms with Crippen molar-refractivity contribution in [3.05, 3.63) is 77.1 Å². The number of anilines is 4. The van der Waals surface area contributed by atoms with Crippen molar-refractivity contribution >= 4 is 46.2 Å². The number of carbonyl (C=O) groups is 2. The molecule has 8 nitrogen and oxygen atoms in total. The van der Waals surface area contributed by atoms with Crippen LogP contribution in [0.1, 0.15) is 40.1 Å². The van der Waals surface area contributed by atoms with Gasteiger partial charge in [-0.1, -0.05) is 11.6 Å². The van der Waals surface area contributed by atoms with Gasteiger partial charge in [0.05, 0.1) is 16.3 Å². The second-order valence-corrected chi connectivity index (χ2v) is 8.07. The number of hydrogen-bond acceptors (Lipinski definition) is 6. The third-order valence-corrected chi connectivity index (χ3v) is 5.22. The van der Waals surface area contributed by atoms with E-state index < -0.39 is 11.8 Å². The van der Waals surface area contributed by atoms with E-state index >= 15 is 0 Å². The molecular weight excluding hydrogens is 454 g/mol. The van der Waals surface area contributed by atoms with Crippen molar-refractivity contribution in [2.24, 2.45) is 0 Å². The molecule has 0 bridgehead atoms. The standard InChI is InChI=1S/C25H28ClN5O3/c1-34-14-4-2-3-13-28-19-7-9-20(10-8-19)30-24(32)21-15-18(27)6-12-22(21)31-25(33)23-11-5-17(26)16-29-23/h5-12,15-16,28H,2-4,13-14,27H2,1H3,(H,30,32)(H,31,33). The Kier molecular flexibility index (Phi) is 9.25. The Morgan fingerprint density at radius 2 is 1.71 bits per heavy atom. The van der Waals surface area contributed by atoms with Crippen molar-refractivity contribution in [1.29, 1.82) is 0 Å². The maximum Gasteiger partial charge on any atom is 0.274 e. The highest BCUT2D eigenvalue weighted by Crippen LogP contribution is 2.22. The molecular formula is C25H28ClN5O3. The summed E-state index contributed by atoms with van der Waals surface area (Å²) < 4.78 is 5.05. The van der Waals surface area contributed by atoms with Crippen LogP contribution in [-0.4, -0.2) is 37.1 Å². The first-order chi connectivity index (χ1) is 16.5. The number of halogens is 1. The molecule has 5 N–H and O–H groups in total. The van der Waals surface area contributed by atoms with Gasteiger partial charge in [-0.3, -0.25) is 9.59 Å². The maximum atomic E-state index is 13.0. The summed E-state index contributed by atoms with van der Waals surface area (Å²) in [6.45, 7) is 1.65. The van der Waals surface area contributed by atoms with Gasteiger partial charge in [-0.25, -0.2) is 4.98 Å². The van der Waals surface area contributed by atoms with Crippen molar-refractivity contribution in [2.75, 3.05) is 41.9 Å². The number of aromatic nitrogens is 1. The number of benzene rings is 2. The summed E-state index contributed by atoms with van der Waals surface area (Å²) in [5.41, 5.74) is 8.61. The number of ether oxygens (including phenoxy) is 1. The van der Waals surface area contributed by atoms with Crippen molar-refractivity contribution in [3.63, 3.8) is 0 Å². The normalized spacial score (nSPS) is 10.5. The quantitative estimate of drug-likeness (QED) is 0.225. The minimum atomic E-state index is -0.465. The first-order valence-corrected chi connectivity index (χ1v) is 11.3. The van der Waals surface area contributed by atoms with Gasteiger partial charge < -0.3 is 26.4 Å². The summed E-state index contributed by atoms with van der Waals surface area (Å²) in [4.78, 5) is 29.5. The zero-order valence-corrected chi connectivity index (χ0v) is 19.7. The third kappa shape index (κ3) is 7.47. The molecule has 1 heterocycles. The molecule has 0 saturated heterocycles. The first-order valence-electron chi connectivity index (χ1n) is 10.9. The van der Waals surface area contributed by atoms with Crippen LogP contribution >= 0.6 is 11.6 Å². The number of methoxy groups -OCH3 is 1. The van der Waals surface area contributed by atoms with Crippen molar-refractivity contribution in [3.8, 4) is 0 Å². The van der Waals surface area contributed by atoms with E-state index in [1.54, 1.807) is 25.3 Å². The van der Waals surface area contributed by atoms with E-state index in [1.165, 1.54) is 18.3 Å². The average molecular weight is 482 g/mol.